The molecule has 0 saturated heterocycles. The molecule has 0 amide bonds. The van der Waals surface area contributed by atoms with Crippen LogP contribution in [0.5, 0.6) is 0 Å². The number of hydrogen-bond donors (Lipinski definition) is 1. The third-order valence-electron chi connectivity index (χ3n) is 3.75. The van der Waals surface area contributed by atoms with Crippen LogP contribution in [-0.4, -0.2) is 25.3 Å². The molecule has 1 rings (SSSR count). The van der Waals surface area contributed by atoms with Crippen LogP contribution in [0.3, 0.4) is 0 Å². The second kappa shape index (κ2) is 13.0. The zero-order chi connectivity index (χ0) is 10.9. The van der Waals surface area contributed by atoms with Gasteiger partial charge in [0.2, 0.25) is 0 Å². The predicted molar refractivity (Wildman–Crippen MR) is 71.6 cm³/mol. The Morgan fingerprint density at radius 3 is 2.00 bits per heavy atom. The maximum Gasteiger partial charge on any atom is 2.00 e. The van der Waals surface area contributed by atoms with E-state index in [1.54, 1.807) is 0 Å². The molecule has 0 spiro atoms. The fourth-order valence-electron chi connectivity index (χ4n) is 2.67. The van der Waals surface area contributed by atoms with Crippen LogP contribution in [0.4, 0.5) is 0 Å². The molecule has 0 aromatic carbocycles. The van der Waals surface area contributed by atoms with Crippen molar-refractivity contribution in [3.05, 3.63) is 12.7 Å². The summed E-state index contributed by atoms with van der Waals surface area (Å²) in [6.45, 7) is 1.42. The number of nitrogens with zero attached hydrogens (tertiary/aromatic N) is 1. The molecule has 2 nitrogen and oxygen atoms in total. The first-order valence-electron chi connectivity index (χ1n) is 6.53. The molecule has 0 aromatic rings. The Morgan fingerprint density at radius 1 is 1.00 bits per heavy atom. The second-order valence-corrected chi connectivity index (χ2v) is 4.93. The quantitative estimate of drug-likeness (QED) is 0.502. The maximum atomic E-state index is 8.72. The van der Waals surface area contributed by atoms with Gasteiger partial charge in [-0.05, 0) is 18.3 Å². The van der Waals surface area contributed by atoms with Crippen molar-refractivity contribution in [2.75, 3.05) is 20.2 Å². The van der Waals surface area contributed by atoms with Gasteiger partial charge in [0, 0.05) is 6.61 Å². The van der Waals surface area contributed by atoms with Crippen molar-refractivity contribution in [3.8, 4) is 0 Å². The molecule has 0 radical (unpaired) electrons. The molecule has 1 aliphatic carbocycles. The largest absolute Gasteiger partial charge is 2.00 e. The summed E-state index contributed by atoms with van der Waals surface area (Å²) >= 11 is 0. The van der Waals surface area contributed by atoms with Crippen LogP contribution in [0.1, 0.15) is 51.4 Å². The van der Waals surface area contributed by atoms with Crippen LogP contribution >= 0.6 is 0 Å². The van der Waals surface area contributed by atoms with Crippen LogP contribution < -0.4 is 0 Å². The van der Waals surface area contributed by atoms with Gasteiger partial charge in [-0.25, -0.2) is 0 Å². The smallest absolute Gasteiger partial charge is 0.665 e. The fourth-order valence-corrected chi connectivity index (χ4v) is 2.67. The molecule has 1 fully saturated rings. The van der Waals surface area contributed by atoms with Crippen molar-refractivity contribution in [2.24, 2.45) is 11.8 Å². The minimum absolute atomic E-state index is 0. The van der Waals surface area contributed by atoms with Gasteiger partial charge in [-0.1, -0.05) is 44.9 Å². The molecule has 17 heavy (non-hydrogen) atoms. The number of rotatable bonds is 7. The van der Waals surface area contributed by atoms with Crippen molar-refractivity contribution in [1.82, 2.24) is 0 Å². The van der Waals surface area contributed by atoms with E-state index in [1.165, 1.54) is 44.9 Å². The average Bonchev–Trinajstić information content (AvgIpc) is 2.28. The molecule has 0 unspecified atom stereocenters. The van der Waals surface area contributed by atoms with Gasteiger partial charge < -0.3 is 17.8 Å². The van der Waals surface area contributed by atoms with E-state index in [1.807, 2.05) is 7.05 Å². The van der Waals surface area contributed by atoms with Crippen LogP contribution in [0.2, 0.25) is 0 Å². The normalized spacial score (nSPS) is 23.6. The molecule has 3 heteroatoms. The number of unbranched alkanes of at least 4 members (excludes halogenated alkanes) is 1. The Bertz CT molecular complexity index is 147. The summed E-state index contributed by atoms with van der Waals surface area (Å²) in [4.78, 5) is 0. The van der Waals surface area contributed by atoms with Crippen molar-refractivity contribution >= 4 is 0 Å². The van der Waals surface area contributed by atoms with Gasteiger partial charge in [0.25, 0.3) is 0 Å². The molecule has 1 saturated carbocycles. The van der Waals surface area contributed by atoms with Gasteiger partial charge in [0.15, 0.2) is 0 Å². The monoisotopic (exact) mass is 411 g/mol. The first-order chi connectivity index (χ1) is 7.36. The third-order valence-corrected chi connectivity index (χ3v) is 3.75. The van der Waals surface area contributed by atoms with E-state index in [0.717, 1.165) is 24.8 Å². The molecule has 1 aliphatic rings. The number of hydrogen-bond acceptors (Lipinski definition) is 1. The molecule has 102 valence electrons. The van der Waals surface area contributed by atoms with E-state index in [4.69, 9.17) is 5.11 Å². The van der Waals surface area contributed by atoms with Gasteiger partial charge >= 0.3 is 21.1 Å². The Balaban J connectivity index is 0. The zero-order valence-corrected chi connectivity index (χ0v) is 14.5. The minimum Gasteiger partial charge on any atom is -0.665 e. The summed E-state index contributed by atoms with van der Waals surface area (Å²) < 4.78 is 0. The Labute approximate surface area is 122 Å². The fraction of sp³-hybridized carbons (Fsp3) is 0.929. The van der Waals surface area contributed by atoms with E-state index in [0.29, 0.717) is 6.61 Å². The van der Waals surface area contributed by atoms with Crippen molar-refractivity contribution in [2.45, 2.75) is 51.4 Å². The molecule has 1 N–H and O–H groups in total. The Hall–Kier alpha value is 0.608. The Kier molecular flexibility index (Phi) is 15.3. The topological polar surface area (TPSA) is 34.3 Å². The molecular formula is C14H29NOW. The molecule has 0 aromatic heterocycles. The number of aliphatic hydroxyl groups excluding tert-OH is 1. The van der Waals surface area contributed by atoms with Crippen LogP contribution in [0, 0.1) is 19.3 Å². The summed E-state index contributed by atoms with van der Waals surface area (Å²) in [6, 6.07) is 0. The molecule has 0 atom stereocenters. The van der Waals surface area contributed by atoms with E-state index in [-0.39, 0.29) is 28.5 Å². The molecule has 0 bridgehead atoms. The zero-order valence-electron chi connectivity index (χ0n) is 11.5. The SMILES string of the molecule is C[N-]CCC1CCC(CCCCO)CC1.[CH3-].[W+2]. The third kappa shape index (κ3) is 9.22. The first-order valence-corrected chi connectivity index (χ1v) is 6.53. The van der Waals surface area contributed by atoms with E-state index in [2.05, 4.69) is 5.32 Å². The van der Waals surface area contributed by atoms with Crippen molar-refractivity contribution in [1.29, 1.82) is 0 Å². The summed E-state index contributed by atoms with van der Waals surface area (Å²) in [5.74, 6) is 1.90. The first kappa shape index (κ1) is 19.9. The molecule has 0 heterocycles. The van der Waals surface area contributed by atoms with Crippen LogP contribution in [0.15, 0.2) is 0 Å². The van der Waals surface area contributed by atoms with Gasteiger partial charge in [-0.2, -0.15) is 7.05 Å². The van der Waals surface area contributed by atoms with E-state index >= 15 is 0 Å². The van der Waals surface area contributed by atoms with Gasteiger partial charge in [0.1, 0.15) is 0 Å². The van der Waals surface area contributed by atoms with Crippen LogP contribution in [0.25, 0.3) is 5.32 Å². The van der Waals surface area contributed by atoms with Gasteiger partial charge in [-0.3, -0.25) is 0 Å². The molecular weight excluding hydrogens is 382 g/mol. The Morgan fingerprint density at radius 2 is 1.53 bits per heavy atom. The van der Waals surface area contributed by atoms with Crippen molar-refractivity contribution < 1.29 is 26.2 Å². The average molecular weight is 411 g/mol. The number of aliphatic hydroxyl groups is 1. The van der Waals surface area contributed by atoms with Gasteiger partial charge in [-0.15, -0.1) is 6.54 Å². The molecule has 0 aliphatic heterocycles. The van der Waals surface area contributed by atoms with E-state index in [9.17, 15) is 0 Å². The maximum absolute atomic E-state index is 8.72. The summed E-state index contributed by atoms with van der Waals surface area (Å²) in [6.07, 6.45) is 10.5. The standard InChI is InChI=1S/C13H26NO.CH3.W/c1-14-10-9-13-7-5-12(6-8-13)4-2-3-11-15;;/h12-13,15H,2-11H2,1H3;1H3;/q2*-1;+2. The summed E-state index contributed by atoms with van der Waals surface area (Å²) in [7, 11) is 1.92. The van der Waals surface area contributed by atoms with E-state index < -0.39 is 0 Å². The summed E-state index contributed by atoms with van der Waals surface area (Å²) in [5, 5.41) is 12.9. The predicted octanol–water partition coefficient (Wildman–Crippen LogP) is 3.80. The second-order valence-electron chi connectivity index (χ2n) is 4.93. The van der Waals surface area contributed by atoms with Crippen molar-refractivity contribution in [3.63, 3.8) is 0 Å². The minimum atomic E-state index is 0. The van der Waals surface area contributed by atoms with Gasteiger partial charge in [0.05, 0.1) is 0 Å². The summed E-state index contributed by atoms with van der Waals surface area (Å²) in [5.41, 5.74) is 0. The van der Waals surface area contributed by atoms with Crippen LogP contribution in [-0.2, 0) is 21.1 Å².